The van der Waals surface area contributed by atoms with Crippen molar-refractivity contribution in [2.45, 2.75) is 13.5 Å². The van der Waals surface area contributed by atoms with Gasteiger partial charge >= 0.3 is 0 Å². The summed E-state index contributed by atoms with van der Waals surface area (Å²) in [6.07, 6.45) is 1.77. The van der Waals surface area contributed by atoms with Crippen molar-refractivity contribution in [3.8, 4) is 11.5 Å². The number of imidazole rings is 1. The standard InChI is InChI=1S/C13H15N3O2/c1-9-7-15-13(14)16(9)8-10-2-3-11-12(6-10)18-5-4-17-11/h2-3,6-7H,4-5,8H2,1H3,(H2,14,15). The molecule has 0 fully saturated rings. The number of hydrogen-bond donors (Lipinski definition) is 1. The highest BCUT2D eigenvalue weighted by Crippen LogP contribution is 2.31. The van der Waals surface area contributed by atoms with E-state index in [-0.39, 0.29) is 0 Å². The summed E-state index contributed by atoms with van der Waals surface area (Å²) in [6, 6.07) is 5.95. The summed E-state index contributed by atoms with van der Waals surface area (Å²) in [5, 5.41) is 0. The maximum atomic E-state index is 5.82. The van der Waals surface area contributed by atoms with E-state index in [1.165, 1.54) is 0 Å². The van der Waals surface area contributed by atoms with Crippen LogP contribution in [0.5, 0.6) is 11.5 Å². The highest BCUT2D eigenvalue weighted by molar-refractivity contribution is 5.44. The van der Waals surface area contributed by atoms with Crippen molar-refractivity contribution in [2.24, 2.45) is 0 Å². The molecule has 1 aliphatic rings. The van der Waals surface area contributed by atoms with Crippen LogP contribution in [0, 0.1) is 6.92 Å². The summed E-state index contributed by atoms with van der Waals surface area (Å²) < 4.78 is 13.0. The lowest BCUT2D eigenvalue weighted by Crippen LogP contribution is -2.15. The number of anilines is 1. The predicted molar refractivity (Wildman–Crippen MR) is 67.9 cm³/mol. The van der Waals surface area contributed by atoms with Gasteiger partial charge in [-0.2, -0.15) is 0 Å². The first kappa shape index (κ1) is 11.0. The number of rotatable bonds is 2. The summed E-state index contributed by atoms with van der Waals surface area (Å²) in [7, 11) is 0. The van der Waals surface area contributed by atoms with Crippen LogP contribution < -0.4 is 15.2 Å². The van der Waals surface area contributed by atoms with Gasteiger partial charge in [-0.25, -0.2) is 4.98 Å². The fourth-order valence-electron chi connectivity index (χ4n) is 2.05. The lowest BCUT2D eigenvalue weighted by molar-refractivity contribution is 0.171. The second-order valence-electron chi connectivity index (χ2n) is 4.32. The van der Waals surface area contributed by atoms with E-state index in [1.54, 1.807) is 6.20 Å². The molecule has 0 unspecified atom stereocenters. The highest BCUT2D eigenvalue weighted by Gasteiger charge is 2.12. The van der Waals surface area contributed by atoms with Crippen molar-refractivity contribution in [3.05, 3.63) is 35.7 Å². The minimum Gasteiger partial charge on any atom is -0.486 e. The van der Waals surface area contributed by atoms with Gasteiger partial charge in [-0.15, -0.1) is 0 Å². The topological polar surface area (TPSA) is 62.3 Å². The van der Waals surface area contributed by atoms with Crippen LogP contribution in [-0.4, -0.2) is 22.8 Å². The van der Waals surface area contributed by atoms with Gasteiger partial charge in [-0.05, 0) is 24.6 Å². The first-order valence-corrected chi connectivity index (χ1v) is 5.90. The third-order valence-electron chi connectivity index (χ3n) is 3.03. The molecule has 0 saturated heterocycles. The zero-order valence-electron chi connectivity index (χ0n) is 10.2. The van der Waals surface area contributed by atoms with Crippen molar-refractivity contribution >= 4 is 5.95 Å². The normalized spacial score (nSPS) is 13.6. The number of aromatic nitrogens is 2. The summed E-state index contributed by atoms with van der Waals surface area (Å²) in [4.78, 5) is 4.08. The van der Waals surface area contributed by atoms with Crippen molar-refractivity contribution in [1.29, 1.82) is 0 Å². The molecule has 18 heavy (non-hydrogen) atoms. The molecular formula is C13H15N3O2. The maximum absolute atomic E-state index is 5.82. The van der Waals surface area contributed by atoms with Crippen LogP contribution in [0.25, 0.3) is 0 Å². The number of benzene rings is 1. The minimum absolute atomic E-state index is 0.530. The molecule has 1 aliphatic heterocycles. The molecule has 0 atom stereocenters. The molecule has 0 amide bonds. The zero-order chi connectivity index (χ0) is 12.5. The van der Waals surface area contributed by atoms with Gasteiger partial charge in [-0.1, -0.05) is 6.07 Å². The smallest absolute Gasteiger partial charge is 0.200 e. The average molecular weight is 245 g/mol. The van der Waals surface area contributed by atoms with Crippen molar-refractivity contribution in [3.63, 3.8) is 0 Å². The number of ether oxygens (including phenoxy) is 2. The molecule has 5 heteroatoms. The van der Waals surface area contributed by atoms with Gasteiger partial charge < -0.3 is 19.8 Å². The Balaban J connectivity index is 1.89. The van der Waals surface area contributed by atoms with Crippen LogP contribution in [0.2, 0.25) is 0 Å². The molecule has 0 saturated carbocycles. The molecule has 2 N–H and O–H groups in total. The van der Waals surface area contributed by atoms with E-state index in [1.807, 2.05) is 29.7 Å². The van der Waals surface area contributed by atoms with Crippen molar-refractivity contribution in [1.82, 2.24) is 9.55 Å². The SMILES string of the molecule is Cc1cnc(N)n1Cc1ccc2c(c1)OCCO2. The van der Waals surface area contributed by atoms with Crippen molar-refractivity contribution < 1.29 is 9.47 Å². The number of nitrogens with two attached hydrogens (primary N) is 1. The molecule has 3 rings (SSSR count). The molecule has 1 aromatic heterocycles. The number of nitrogens with zero attached hydrogens (tertiary/aromatic N) is 2. The van der Waals surface area contributed by atoms with Gasteiger partial charge in [0.15, 0.2) is 11.5 Å². The van der Waals surface area contributed by atoms with Crippen LogP contribution in [0.1, 0.15) is 11.3 Å². The van der Waals surface area contributed by atoms with Gasteiger partial charge in [0.25, 0.3) is 0 Å². The lowest BCUT2D eigenvalue weighted by atomic mass is 10.2. The number of hydrogen-bond acceptors (Lipinski definition) is 4. The average Bonchev–Trinajstić information content (AvgIpc) is 2.70. The maximum Gasteiger partial charge on any atom is 0.200 e. The zero-order valence-corrected chi connectivity index (χ0v) is 10.2. The van der Waals surface area contributed by atoms with E-state index < -0.39 is 0 Å². The molecular weight excluding hydrogens is 230 g/mol. The van der Waals surface area contributed by atoms with Crippen LogP contribution in [0.4, 0.5) is 5.95 Å². The summed E-state index contributed by atoms with van der Waals surface area (Å²) in [5.74, 6) is 2.14. The van der Waals surface area contributed by atoms with Crippen molar-refractivity contribution in [2.75, 3.05) is 18.9 Å². The Morgan fingerprint density at radius 3 is 2.78 bits per heavy atom. The Bertz CT molecular complexity index is 558. The number of nitrogen functional groups attached to an aromatic ring is 1. The van der Waals surface area contributed by atoms with E-state index in [0.717, 1.165) is 22.8 Å². The quantitative estimate of drug-likeness (QED) is 0.872. The van der Waals surface area contributed by atoms with Crippen LogP contribution in [0.15, 0.2) is 24.4 Å². The van der Waals surface area contributed by atoms with E-state index in [2.05, 4.69) is 4.98 Å². The Morgan fingerprint density at radius 2 is 2.06 bits per heavy atom. The fourth-order valence-corrected chi connectivity index (χ4v) is 2.05. The Labute approximate surface area is 105 Å². The lowest BCUT2D eigenvalue weighted by Gasteiger charge is -2.19. The molecule has 0 spiro atoms. The summed E-state index contributed by atoms with van der Waals surface area (Å²) >= 11 is 0. The van der Waals surface area contributed by atoms with Crippen LogP contribution >= 0.6 is 0 Å². The monoisotopic (exact) mass is 245 g/mol. The Morgan fingerprint density at radius 1 is 1.28 bits per heavy atom. The van der Waals surface area contributed by atoms with E-state index in [0.29, 0.717) is 25.7 Å². The molecule has 94 valence electrons. The van der Waals surface area contributed by atoms with Crippen LogP contribution in [-0.2, 0) is 6.54 Å². The van der Waals surface area contributed by atoms with Crippen LogP contribution in [0.3, 0.4) is 0 Å². The predicted octanol–water partition coefficient (Wildman–Crippen LogP) is 1.59. The van der Waals surface area contributed by atoms with Gasteiger partial charge in [-0.3, -0.25) is 0 Å². The van der Waals surface area contributed by atoms with E-state index in [9.17, 15) is 0 Å². The van der Waals surface area contributed by atoms with E-state index >= 15 is 0 Å². The molecule has 0 aliphatic carbocycles. The summed E-state index contributed by atoms with van der Waals surface area (Å²) in [6.45, 7) is 3.89. The largest absolute Gasteiger partial charge is 0.486 e. The molecule has 1 aromatic carbocycles. The number of fused-ring (bicyclic) bond motifs is 1. The first-order chi connectivity index (χ1) is 8.74. The third-order valence-corrected chi connectivity index (χ3v) is 3.03. The highest BCUT2D eigenvalue weighted by atomic mass is 16.6. The Hall–Kier alpha value is -2.17. The number of aryl methyl sites for hydroxylation is 1. The van der Waals surface area contributed by atoms with Gasteiger partial charge in [0.1, 0.15) is 13.2 Å². The molecule has 0 radical (unpaired) electrons. The van der Waals surface area contributed by atoms with Gasteiger partial charge in [0.2, 0.25) is 5.95 Å². The first-order valence-electron chi connectivity index (χ1n) is 5.90. The van der Waals surface area contributed by atoms with E-state index in [4.69, 9.17) is 15.2 Å². The fraction of sp³-hybridized carbons (Fsp3) is 0.308. The molecule has 2 heterocycles. The molecule has 2 aromatic rings. The second-order valence-corrected chi connectivity index (χ2v) is 4.32. The Kier molecular flexibility index (Phi) is 2.59. The van der Waals surface area contributed by atoms with Gasteiger partial charge in [0.05, 0.1) is 12.7 Å². The summed E-state index contributed by atoms with van der Waals surface area (Å²) in [5.41, 5.74) is 7.98. The molecule has 5 nitrogen and oxygen atoms in total. The molecule has 0 bridgehead atoms. The third kappa shape index (κ3) is 1.88. The van der Waals surface area contributed by atoms with Gasteiger partial charge in [0, 0.05) is 5.69 Å². The minimum atomic E-state index is 0.530. The second kappa shape index (κ2) is 4.25.